The molecule has 0 bridgehead atoms. The number of hydrogen-bond donors (Lipinski definition) is 1. The Morgan fingerprint density at radius 2 is 1.80 bits per heavy atom. The zero-order valence-corrected chi connectivity index (χ0v) is 17.3. The van der Waals surface area contributed by atoms with Crippen LogP contribution < -0.4 is 11.2 Å². The molecule has 4 rings (SSSR count). The molecular weight excluding hydrogens is 386 g/mol. The number of ether oxygens (including phenoxy) is 1. The van der Waals surface area contributed by atoms with Crippen molar-refractivity contribution >= 4 is 16.9 Å². The predicted octanol–water partition coefficient (Wildman–Crippen LogP) is 0.823. The standard InChI is InChI=1S/C21H25N5O4/c1-14-4-6-16(7-5-14)13-26-19(28)17-18(23(3)21(26)29)22-20-24(8-10-30-11-9-27)15(2)12-25(17)20/h4-7,12,27H,8-11,13H2,1-3H3. The van der Waals surface area contributed by atoms with Crippen molar-refractivity contribution in [2.75, 3.05) is 19.8 Å². The average Bonchev–Trinajstić information content (AvgIpc) is 3.24. The van der Waals surface area contributed by atoms with E-state index in [4.69, 9.17) is 9.84 Å². The Labute approximate surface area is 172 Å². The van der Waals surface area contributed by atoms with E-state index in [1.54, 1.807) is 11.4 Å². The lowest BCUT2D eigenvalue weighted by Crippen LogP contribution is -2.39. The summed E-state index contributed by atoms with van der Waals surface area (Å²) in [5, 5.41) is 8.86. The molecule has 0 aliphatic carbocycles. The van der Waals surface area contributed by atoms with Crippen molar-refractivity contribution in [3.8, 4) is 0 Å². The Balaban J connectivity index is 1.84. The second kappa shape index (κ2) is 7.92. The van der Waals surface area contributed by atoms with E-state index in [2.05, 4.69) is 4.98 Å². The van der Waals surface area contributed by atoms with Crippen LogP contribution in [0.15, 0.2) is 40.1 Å². The summed E-state index contributed by atoms with van der Waals surface area (Å²) >= 11 is 0. The normalized spacial score (nSPS) is 11.7. The van der Waals surface area contributed by atoms with Crippen molar-refractivity contribution in [1.29, 1.82) is 0 Å². The number of fused-ring (bicyclic) bond motifs is 3. The molecule has 0 saturated heterocycles. The highest BCUT2D eigenvalue weighted by molar-refractivity contribution is 5.75. The zero-order chi connectivity index (χ0) is 21.4. The molecule has 3 heterocycles. The van der Waals surface area contributed by atoms with Gasteiger partial charge in [-0.15, -0.1) is 0 Å². The summed E-state index contributed by atoms with van der Waals surface area (Å²) in [7, 11) is 1.63. The SMILES string of the molecule is Cc1ccc(Cn2c(=O)c3c(nc4n(CCOCCO)c(C)cn34)n(C)c2=O)cc1. The molecule has 1 aromatic carbocycles. The molecule has 1 N–H and O–H groups in total. The second-order valence-electron chi connectivity index (χ2n) is 7.43. The Kier molecular flexibility index (Phi) is 5.31. The van der Waals surface area contributed by atoms with E-state index in [9.17, 15) is 9.59 Å². The van der Waals surface area contributed by atoms with Crippen LogP contribution in [0.4, 0.5) is 0 Å². The van der Waals surface area contributed by atoms with Crippen LogP contribution in [0, 0.1) is 13.8 Å². The number of aryl methyl sites for hydroxylation is 3. The summed E-state index contributed by atoms with van der Waals surface area (Å²) in [6, 6.07) is 7.76. The van der Waals surface area contributed by atoms with Crippen LogP contribution in [0.25, 0.3) is 16.9 Å². The summed E-state index contributed by atoms with van der Waals surface area (Å²) in [4.78, 5) is 30.8. The lowest BCUT2D eigenvalue weighted by atomic mass is 10.1. The van der Waals surface area contributed by atoms with Gasteiger partial charge in [-0.25, -0.2) is 4.79 Å². The molecule has 0 aliphatic heterocycles. The number of aromatic nitrogens is 5. The molecular formula is C21H25N5O4. The van der Waals surface area contributed by atoms with Crippen LogP contribution in [-0.2, 0) is 24.9 Å². The smallest absolute Gasteiger partial charge is 0.332 e. The largest absolute Gasteiger partial charge is 0.394 e. The van der Waals surface area contributed by atoms with Crippen LogP contribution in [0.5, 0.6) is 0 Å². The van der Waals surface area contributed by atoms with Gasteiger partial charge in [-0.05, 0) is 19.4 Å². The minimum absolute atomic E-state index is 0.0318. The van der Waals surface area contributed by atoms with Gasteiger partial charge < -0.3 is 14.4 Å². The van der Waals surface area contributed by atoms with Gasteiger partial charge in [0.25, 0.3) is 5.56 Å². The fourth-order valence-electron chi connectivity index (χ4n) is 3.67. The fourth-order valence-corrected chi connectivity index (χ4v) is 3.67. The van der Waals surface area contributed by atoms with Gasteiger partial charge >= 0.3 is 5.69 Å². The number of aliphatic hydroxyl groups is 1. The zero-order valence-electron chi connectivity index (χ0n) is 17.3. The molecule has 0 amide bonds. The minimum atomic E-state index is -0.400. The van der Waals surface area contributed by atoms with Gasteiger partial charge in [0.15, 0.2) is 11.2 Å². The van der Waals surface area contributed by atoms with Gasteiger partial charge in [-0.1, -0.05) is 29.8 Å². The summed E-state index contributed by atoms with van der Waals surface area (Å²) in [6.07, 6.45) is 1.85. The molecule has 158 valence electrons. The van der Waals surface area contributed by atoms with Crippen LogP contribution >= 0.6 is 0 Å². The monoisotopic (exact) mass is 411 g/mol. The van der Waals surface area contributed by atoms with Crippen LogP contribution in [0.3, 0.4) is 0 Å². The number of nitrogens with zero attached hydrogens (tertiary/aromatic N) is 5. The summed E-state index contributed by atoms with van der Waals surface area (Å²) in [5.41, 5.74) is 2.88. The molecule has 0 aliphatic rings. The van der Waals surface area contributed by atoms with Crippen molar-refractivity contribution in [2.24, 2.45) is 7.05 Å². The molecule has 30 heavy (non-hydrogen) atoms. The summed E-state index contributed by atoms with van der Waals surface area (Å²) in [5.74, 6) is 0.579. The third kappa shape index (κ3) is 3.35. The van der Waals surface area contributed by atoms with Gasteiger partial charge in [0.05, 0.1) is 26.4 Å². The lowest BCUT2D eigenvalue weighted by Gasteiger charge is -2.08. The van der Waals surface area contributed by atoms with E-state index in [-0.39, 0.29) is 25.3 Å². The molecule has 0 atom stereocenters. The molecule has 3 aromatic heterocycles. The molecule has 0 fully saturated rings. The van der Waals surface area contributed by atoms with Crippen molar-refractivity contribution in [1.82, 2.24) is 23.1 Å². The number of imidazole rings is 2. The lowest BCUT2D eigenvalue weighted by molar-refractivity contribution is 0.0872. The number of rotatable bonds is 7. The van der Waals surface area contributed by atoms with Crippen LogP contribution in [0.1, 0.15) is 16.8 Å². The Morgan fingerprint density at radius 1 is 1.07 bits per heavy atom. The van der Waals surface area contributed by atoms with E-state index in [1.807, 2.05) is 48.9 Å². The van der Waals surface area contributed by atoms with E-state index in [0.29, 0.717) is 30.1 Å². The first-order valence-electron chi connectivity index (χ1n) is 9.84. The number of benzene rings is 1. The highest BCUT2D eigenvalue weighted by Crippen LogP contribution is 2.16. The van der Waals surface area contributed by atoms with Crippen molar-refractivity contribution < 1.29 is 9.84 Å². The first-order valence-corrected chi connectivity index (χ1v) is 9.84. The van der Waals surface area contributed by atoms with Crippen LogP contribution in [0.2, 0.25) is 0 Å². The third-order valence-electron chi connectivity index (χ3n) is 5.30. The minimum Gasteiger partial charge on any atom is -0.394 e. The first-order chi connectivity index (χ1) is 14.4. The van der Waals surface area contributed by atoms with Gasteiger partial charge in [0, 0.05) is 25.5 Å². The quantitative estimate of drug-likeness (QED) is 0.455. The van der Waals surface area contributed by atoms with Gasteiger partial charge in [-0.3, -0.25) is 18.3 Å². The Hall–Kier alpha value is -3.17. The maximum absolute atomic E-state index is 13.3. The molecule has 0 radical (unpaired) electrons. The van der Waals surface area contributed by atoms with Gasteiger partial charge in [0.2, 0.25) is 5.78 Å². The van der Waals surface area contributed by atoms with E-state index < -0.39 is 5.69 Å². The van der Waals surface area contributed by atoms with Crippen LogP contribution in [-0.4, -0.2) is 48.0 Å². The Morgan fingerprint density at radius 3 is 2.50 bits per heavy atom. The molecule has 4 aromatic rings. The predicted molar refractivity (Wildman–Crippen MR) is 113 cm³/mol. The third-order valence-corrected chi connectivity index (χ3v) is 5.30. The summed E-state index contributed by atoms with van der Waals surface area (Å²) in [6.45, 7) is 5.29. The highest BCUT2D eigenvalue weighted by Gasteiger charge is 2.20. The maximum Gasteiger partial charge on any atom is 0.332 e. The molecule has 0 unspecified atom stereocenters. The summed E-state index contributed by atoms with van der Waals surface area (Å²) < 4.78 is 11.7. The Bertz CT molecular complexity index is 1320. The van der Waals surface area contributed by atoms with Crippen molar-refractivity contribution in [3.63, 3.8) is 0 Å². The van der Waals surface area contributed by atoms with E-state index in [0.717, 1.165) is 16.8 Å². The second-order valence-corrected chi connectivity index (χ2v) is 7.43. The van der Waals surface area contributed by atoms with Gasteiger partial charge in [-0.2, -0.15) is 4.98 Å². The highest BCUT2D eigenvalue weighted by atomic mass is 16.5. The molecule has 9 heteroatoms. The van der Waals surface area contributed by atoms with Gasteiger partial charge in [0.1, 0.15) is 0 Å². The molecule has 0 saturated carbocycles. The molecule has 9 nitrogen and oxygen atoms in total. The number of aliphatic hydroxyl groups excluding tert-OH is 1. The van der Waals surface area contributed by atoms with E-state index in [1.165, 1.54) is 9.13 Å². The fraction of sp³-hybridized carbons (Fsp3) is 0.381. The van der Waals surface area contributed by atoms with Crippen molar-refractivity contribution in [2.45, 2.75) is 26.9 Å². The maximum atomic E-state index is 13.3. The first kappa shape index (κ1) is 20.1. The molecule has 0 spiro atoms. The average molecular weight is 411 g/mol. The van der Waals surface area contributed by atoms with E-state index >= 15 is 0 Å². The topological polar surface area (TPSA) is 95.7 Å². The number of hydrogen-bond acceptors (Lipinski definition) is 5. The van der Waals surface area contributed by atoms with Crippen molar-refractivity contribution in [3.05, 3.63) is 68.1 Å².